The maximum atomic E-state index is 12.8. The van der Waals surface area contributed by atoms with Gasteiger partial charge in [0.05, 0.1) is 6.42 Å². The van der Waals surface area contributed by atoms with Gasteiger partial charge in [-0.15, -0.1) is 0 Å². The Morgan fingerprint density at radius 3 is 2.25 bits per heavy atom. The van der Waals surface area contributed by atoms with E-state index in [0.717, 1.165) is 8.61 Å². The minimum Gasteiger partial charge on any atom is -0.481 e. The van der Waals surface area contributed by atoms with Crippen LogP contribution in [-0.2, 0) is 21.5 Å². The van der Waals surface area contributed by atoms with E-state index < -0.39 is 22.0 Å². The number of carboxylic acid groups (broad SMARTS) is 1. The molecule has 8 heteroatoms. The van der Waals surface area contributed by atoms with Crippen LogP contribution in [0.3, 0.4) is 0 Å². The highest BCUT2D eigenvalue weighted by Crippen LogP contribution is 2.11. The van der Waals surface area contributed by atoms with Crippen LogP contribution in [-0.4, -0.2) is 48.7 Å². The van der Waals surface area contributed by atoms with Gasteiger partial charge in [0.1, 0.15) is 5.82 Å². The number of carbonyl (C=O) groups is 1. The topological polar surface area (TPSA) is 77.9 Å². The molecule has 0 fully saturated rings. The summed E-state index contributed by atoms with van der Waals surface area (Å²) in [7, 11) is -1.03. The Morgan fingerprint density at radius 2 is 1.75 bits per heavy atom. The summed E-state index contributed by atoms with van der Waals surface area (Å²) in [5.74, 6) is -1.45. The largest absolute Gasteiger partial charge is 0.481 e. The average molecular weight is 304 g/mol. The molecule has 0 aliphatic heterocycles. The fourth-order valence-electron chi connectivity index (χ4n) is 1.53. The maximum Gasteiger partial charge on any atom is 0.304 e. The SMILES string of the molecule is CN(CCC(=O)O)S(=O)(=O)N(C)Cc1ccc(F)cc1. The number of nitrogens with zero attached hydrogens (tertiary/aromatic N) is 2. The summed E-state index contributed by atoms with van der Waals surface area (Å²) in [4.78, 5) is 10.5. The zero-order valence-corrected chi connectivity index (χ0v) is 12.1. The summed E-state index contributed by atoms with van der Waals surface area (Å²) in [5, 5.41) is 8.56. The Kier molecular flexibility index (Phi) is 5.61. The van der Waals surface area contributed by atoms with Crippen molar-refractivity contribution in [2.75, 3.05) is 20.6 Å². The standard InChI is InChI=1S/C12H17FN2O4S/c1-14(8-7-12(16)17)20(18,19)15(2)9-10-3-5-11(13)6-4-10/h3-6H,7-9H2,1-2H3,(H,16,17). The number of hydrogen-bond donors (Lipinski definition) is 1. The number of rotatable bonds is 7. The normalized spacial score (nSPS) is 12.1. The summed E-state index contributed by atoms with van der Waals surface area (Å²) in [5.41, 5.74) is 0.643. The molecule has 0 bridgehead atoms. The van der Waals surface area contributed by atoms with Crippen LogP contribution < -0.4 is 0 Å². The quantitative estimate of drug-likeness (QED) is 0.812. The molecule has 112 valence electrons. The predicted octanol–water partition coefficient (Wildman–Crippen LogP) is 0.909. The molecule has 0 saturated heterocycles. The highest BCUT2D eigenvalue weighted by molar-refractivity contribution is 7.86. The van der Waals surface area contributed by atoms with Crippen LogP contribution in [0.4, 0.5) is 4.39 Å². The summed E-state index contributed by atoms with van der Waals surface area (Å²) in [6.07, 6.45) is -0.264. The van der Waals surface area contributed by atoms with E-state index in [1.807, 2.05) is 0 Å². The van der Waals surface area contributed by atoms with Crippen LogP contribution in [0.25, 0.3) is 0 Å². The highest BCUT2D eigenvalue weighted by Gasteiger charge is 2.24. The van der Waals surface area contributed by atoms with Gasteiger partial charge in [0, 0.05) is 27.2 Å². The first-order valence-corrected chi connectivity index (χ1v) is 7.27. The van der Waals surface area contributed by atoms with Crippen LogP contribution >= 0.6 is 0 Å². The minimum absolute atomic E-state index is 0.0834. The van der Waals surface area contributed by atoms with E-state index >= 15 is 0 Å². The van der Waals surface area contributed by atoms with Crippen molar-refractivity contribution in [2.45, 2.75) is 13.0 Å². The fraction of sp³-hybridized carbons (Fsp3) is 0.417. The summed E-state index contributed by atoms with van der Waals surface area (Å²) in [6, 6.07) is 5.51. The molecule has 0 heterocycles. The van der Waals surface area contributed by atoms with Crippen LogP contribution in [0.2, 0.25) is 0 Å². The molecule has 0 unspecified atom stereocenters. The molecule has 0 saturated carbocycles. The summed E-state index contributed by atoms with van der Waals surface area (Å²) >= 11 is 0. The zero-order valence-electron chi connectivity index (χ0n) is 11.3. The molecule has 1 aromatic carbocycles. The van der Waals surface area contributed by atoms with Gasteiger partial charge in [-0.1, -0.05) is 12.1 Å². The Hall–Kier alpha value is -1.51. The van der Waals surface area contributed by atoms with Crippen molar-refractivity contribution < 1.29 is 22.7 Å². The van der Waals surface area contributed by atoms with Crippen LogP contribution in [0.1, 0.15) is 12.0 Å². The molecule has 6 nitrogen and oxygen atoms in total. The summed E-state index contributed by atoms with van der Waals surface area (Å²) < 4.78 is 39.0. The molecular weight excluding hydrogens is 287 g/mol. The molecule has 0 atom stereocenters. The number of halogens is 1. The smallest absolute Gasteiger partial charge is 0.304 e. The molecule has 1 N–H and O–H groups in total. The van der Waals surface area contributed by atoms with E-state index in [1.165, 1.54) is 38.4 Å². The van der Waals surface area contributed by atoms with Gasteiger partial charge >= 0.3 is 5.97 Å². The zero-order chi connectivity index (χ0) is 15.3. The Morgan fingerprint density at radius 1 is 1.20 bits per heavy atom. The van der Waals surface area contributed by atoms with Gasteiger partial charge in [-0.2, -0.15) is 17.0 Å². The van der Waals surface area contributed by atoms with E-state index in [9.17, 15) is 17.6 Å². The molecule has 1 rings (SSSR count). The highest BCUT2D eigenvalue weighted by atomic mass is 32.2. The average Bonchev–Trinajstić information content (AvgIpc) is 2.38. The Balaban J connectivity index is 2.71. The van der Waals surface area contributed by atoms with Crippen molar-refractivity contribution in [3.05, 3.63) is 35.6 Å². The predicted molar refractivity (Wildman–Crippen MR) is 71.7 cm³/mol. The van der Waals surface area contributed by atoms with Crippen LogP contribution in [0.5, 0.6) is 0 Å². The van der Waals surface area contributed by atoms with Crippen LogP contribution in [0, 0.1) is 5.82 Å². The van der Waals surface area contributed by atoms with Gasteiger partial charge in [0.15, 0.2) is 0 Å². The lowest BCUT2D eigenvalue weighted by atomic mass is 10.2. The second kappa shape index (κ2) is 6.78. The molecule has 0 aromatic heterocycles. The monoisotopic (exact) mass is 304 g/mol. The molecule has 20 heavy (non-hydrogen) atoms. The number of carboxylic acids is 1. The lowest BCUT2D eigenvalue weighted by Gasteiger charge is -2.24. The third-order valence-electron chi connectivity index (χ3n) is 2.75. The van der Waals surface area contributed by atoms with Crippen molar-refractivity contribution in [1.82, 2.24) is 8.61 Å². The summed E-state index contributed by atoms with van der Waals surface area (Å²) in [6.45, 7) is -0.0224. The molecule has 0 aliphatic carbocycles. The maximum absolute atomic E-state index is 12.8. The molecule has 0 amide bonds. The minimum atomic E-state index is -3.73. The van der Waals surface area contributed by atoms with Gasteiger partial charge in [0.2, 0.25) is 0 Å². The van der Waals surface area contributed by atoms with Crippen molar-refractivity contribution in [3.8, 4) is 0 Å². The lowest BCUT2D eigenvalue weighted by Crippen LogP contribution is -2.40. The molecule has 1 aromatic rings. The third-order valence-corrected chi connectivity index (χ3v) is 4.63. The number of aliphatic carboxylic acids is 1. The Bertz CT molecular complexity index is 559. The van der Waals surface area contributed by atoms with Gasteiger partial charge < -0.3 is 5.11 Å². The first-order chi connectivity index (χ1) is 9.23. The van der Waals surface area contributed by atoms with E-state index in [0.29, 0.717) is 5.56 Å². The van der Waals surface area contributed by atoms with Crippen molar-refractivity contribution in [2.24, 2.45) is 0 Å². The Labute approximate surface area is 117 Å². The lowest BCUT2D eigenvalue weighted by molar-refractivity contribution is -0.137. The number of benzene rings is 1. The first-order valence-electron chi connectivity index (χ1n) is 5.87. The molecule has 0 radical (unpaired) electrons. The van der Waals surface area contributed by atoms with Gasteiger partial charge in [-0.25, -0.2) is 4.39 Å². The van der Waals surface area contributed by atoms with E-state index in [1.54, 1.807) is 0 Å². The van der Waals surface area contributed by atoms with Crippen LogP contribution in [0.15, 0.2) is 24.3 Å². The number of hydrogen-bond acceptors (Lipinski definition) is 3. The first kappa shape index (κ1) is 16.5. The third kappa shape index (κ3) is 4.55. The fourth-order valence-corrected chi connectivity index (χ4v) is 2.65. The van der Waals surface area contributed by atoms with Crippen molar-refractivity contribution in [3.63, 3.8) is 0 Å². The van der Waals surface area contributed by atoms with Crippen molar-refractivity contribution in [1.29, 1.82) is 0 Å². The van der Waals surface area contributed by atoms with E-state index in [4.69, 9.17) is 5.11 Å². The van der Waals surface area contributed by atoms with Gasteiger partial charge in [0.25, 0.3) is 10.2 Å². The van der Waals surface area contributed by atoms with Gasteiger partial charge in [-0.3, -0.25) is 4.79 Å². The molecule has 0 spiro atoms. The van der Waals surface area contributed by atoms with Crippen molar-refractivity contribution >= 4 is 16.2 Å². The van der Waals surface area contributed by atoms with E-state index in [-0.39, 0.29) is 19.5 Å². The molecular formula is C12H17FN2O4S. The second-order valence-electron chi connectivity index (χ2n) is 4.36. The second-order valence-corrected chi connectivity index (χ2v) is 6.50. The molecule has 0 aliphatic rings. The van der Waals surface area contributed by atoms with Gasteiger partial charge in [-0.05, 0) is 17.7 Å². The van der Waals surface area contributed by atoms with E-state index in [2.05, 4.69) is 0 Å².